The molecule has 2 aromatic rings. The molecule has 0 aromatic heterocycles. The van der Waals surface area contributed by atoms with Crippen LogP contribution in [0.15, 0.2) is 36.4 Å². The summed E-state index contributed by atoms with van der Waals surface area (Å²) in [6, 6.07) is 8.51. The molecule has 40 heavy (non-hydrogen) atoms. The van der Waals surface area contributed by atoms with Crippen molar-refractivity contribution < 1.29 is 9.59 Å². The number of nitrogens with zero attached hydrogens (tertiary/aromatic N) is 2. The van der Waals surface area contributed by atoms with Crippen molar-refractivity contribution in [3.8, 4) is 0 Å². The molecule has 220 valence electrons. The first kappa shape index (κ1) is 32.9. The highest BCUT2D eigenvalue weighted by atomic mass is 35.5. The molecule has 4 atom stereocenters. The Morgan fingerprint density at radius 2 is 1.38 bits per heavy atom. The largest absolute Gasteiger partial charge is 0.335 e. The lowest BCUT2D eigenvalue weighted by molar-refractivity contribution is -0.148. The molecule has 12 heteroatoms. The summed E-state index contributed by atoms with van der Waals surface area (Å²) >= 11 is 24.4. The number of amides is 2. The average Bonchev–Trinajstić information content (AvgIpc) is 2.92. The SMILES string of the molecule is C[C@@H]1CN(C(=O)[C@H](N)Cc2ccc(Cl)c(Cl)c2)[C@@H](CCCNCCN)CN1C(=O)[C@H](N)Cc1ccc(Cl)c(Cl)c1. The molecule has 0 bridgehead atoms. The molecule has 1 fully saturated rings. The van der Waals surface area contributed by atoms with E-state index in [1.807, 2.05) is 24.0 Å². The molecule has 0 unspecified atom stereocenters. The van der Waals surface area contributed by atoms with Crippen molar-refractivity contribution in [3.63, 3.8) is 0 Å². The average molecular weight is 632 g/mol. The smallest absolute Gasteiger partial charge is 0.240 e. The van der Waals surface area contributed by atoms with Gasteiger partial charge in [-0.05, 0) is 74.5 Å². The molecular formula is C28H38Cl4N6O2. The monoisotopic (exact) mass is 630 g/mol. The Bertz CT molecular complexity index is 1170. The Hall–Kier alpha value is -1.62. The number of hydrogen-bond acceptors (Lipinski definition) is 6. The summed E-state index contributed by atoms with van der Waals surface area (Å²) in [6.07, 6.45) is 2.15. The number of carbonyl (C=O) groups is 2. The van der Waals surface area contributed by atoms with E-state index in [9.17, 15) is 9.59 Å². The summed E-state index contributed by atoms with van der Waals surface area (Å²) in [6.45, 7) is 4.68. The van der Waals surface area contributed by atoms with Gasteiger partial charge in [-0.1, -0.05) is 58.5 Å². The van der Waals surface area contributed by atoms with Crippen LogP contribution in [0.1, 0.15) is 30.9 Å². The minimum absolute atomic E-state index is 0.162. The number of nitrogens with one attached hydrogen (secondary N) is 1. The number of benzene rings is 2. The van der Waals surface area contributed by atoms with Gasteiger partial charge in [0, 0.05) is 38.3 Å². The van der Waals surface area contributed by atoms with Gasteiger partial charge in [0.15, 0.2) is 0 Å². The van der Waals surface area contributed by atoms with E-state index in [1.165, 1.54) is 0 Å². The van der Waals surface area contributed by atoms with Crippen LogP contribution in [0.5, 0.6) is 0 Å². The second-order valence-corrected chi connectivity index (χ2v) is 11.9. The predicted octanol–water partition coefficient (Wildman–Crippen LogP) is 3.50. The van der Waals surface area contributed by atoms with E-state index in [2.05, 4.69) is 5.32 Å². The Labute approximate surface area is 256 Å². The van der Waals surface area contributed by atoms with Crippen molar-refractivity contribution in [1.29, 1.82) is 0 Å². The van der Waals surface area contributed by atoms with Crippen molar-refractivity contribution in [1.82, 2.24) is 15.1 Å². The summed E-state index contributed by atoms with van der Waals surface area (Å²) < 4.78 is 0. The maximum Gasteiger partial charge on any atom is 0.240 e. The van der Waals surface area contributed by atoms with Gasteiger partial charge >= 0.3 is 0 Å². The topological polar surface area (TPSA) is 131 Å². The summed E-state index contributed by atoms with van der Waals surface area (Å²) in [5.74, 6) is -0.331. The van der Waals surface area contributed by atoms with Crippen LogP contribution in [-0.4, -0.2) is 78.5 Å². The second kappa shape index (κ2) is 15.6. The third-order valence-corrected chi connectivity index (χ3v) is 8.61. The normalized spacial score (nSPS) is 19.0. The van der Waals surface area contributed by atoms with Crippen LogP contribution in [-0.2, 0) is 22.4 Å². The number of carbonyl (C=O) groups excluding carboxylic acids is 2. The van der Waals surface area contributed by atoms with Crippen molar-refractivity contribution in [2.24, 2.45) is 17.2 Å². The molecule has 0 saturated carbocycles. The number of halogens is 4. The highest BCUT2D eigenvalue weighted by Gasteiger charge is 2.39. The maximum atomic E-state index is 13.6. The third-order valence-electron chi connectivity index (χ3n) is 7.13. The molecule has 2 amide bonds. The van der Waals surface area contributed by atoms with Crippen LogP contribution in [0.25, 0.3) is 0 Å². The Kier molecular flexibility index (Phi) is 12.8. The Morgan fingerprint density at radius 3 is 1.88 bits per heavy atom. The quantitative estimate of drug-likeness (QED) is 0.265. The minimum Gasteiger partial charge on any atom is -0.335 e. The van der Waals surface area contributed by atoms with E-state index in [4.69, 9.17) is 63.6 Å². The van der Waals surface area contributed by atoms with E-state index in [-0.39, 0.29) is 23.9 Å². The van der Waals surface area contributed by atoms with E-state index in [0.29, 0.717) is 65.5 Å². The Balaban J connectivity index is 1.72. The van der Waals surface area contributed by atoms with Crippen LogP contribution < -0.4 is 22.5 Å². The molecule has 0 spiro atoms. The van der Waals surface area contributed by atoms with Crippen molar-refractivity contribution in [2.45, 2.75) is 56.8 Å². The van der Waals surface area contributed by atoms with Gasteiger partial charge in [-0.15, -0.1) is 0 Å². The van der Waals surface area contributed by atoms with Gasteiger partial charge < -0.3 is 32.3 Å². The molecule has 1 heterocycles. The second-order valence-electron chi connectivity index (χ2n) is 10.3. The lowest BCUT2D eigenvalue weighted by atomic mass is 9.97. The molecule has 1 aliphatic heterocycles. The molecule has 0 aliphatic carbocycles. The fraction of sp³-hybridized carbons (Fsp3) is 0.500. The zero-order chi connectivity index (χ0) is 29.4. The van der Waals surface area contributed by atoms with Crippen molar-refractivity contribution in [3.05, 3.63) is 67.6 Å². The van der Waals surface area contributed by atoms with Crippen molar-refractivity contribution in [2.75, 3.05) is 32.7 Å². The zero-order valence-electron chi connectivity index (χ0n) is 22.6. The third kappa shape index (κ3) is 8.94. The summed E-state index contributed by atoms with van der Waals surface area (Å²) in [4.78, 5) is 30.7. The minimum atomic E-state index is -0.763. The highest BCUT2D eigenvalue weighted by molar-refractivity contribution is 6.42. The standard InChI is InChI=1S/C28H38Cl4N6O2/c1-17-15-38(28(40)26(35)14-19-5-7-22(30)24(32)12-19)20(3-2-9-36-10-8-33)16-37(17)27(39)25(34)13-18-4-6-21(29)23(31)11-18/h4-7,11-12,17,20,25-26,36H,2-3,8-10,13-16,33-35H2,1H3/t17-,20+,25-,26-/m1/s1. The van der Waals surface area contributed by atoms with Crippen LogP contribution in [0, 0.1) is 0 Å². The van der Waals surface area contributed by atoms with Gasteiger partial charge in [-0.3, -0.25) is 9.59 Å². The van der Waals surface area contributed by atoms with Gasteiger partial charge in [-0.2, -0.15) is 0 Å². The molecule has 0 radical (unpaired) electrons. The first-order valence-electron chi connectivity index (χ1n) is 13.4. The lowest BCUT2D eigenvalue weighted by Crippen LogP contribution is -2.64. The summed E-state index contributed by atoms with van der Waals surface area (Å²) in [5.41, 5.74) is 20.0. The first-order chi connectivity index (χ1) is 19.0. The van der Waals surface area contributed by atoms with Gasteiger partial charge in [-0.25, -0.2) is 0 Å². The maximum absolute atomic E-state index is 13.6. The number of piperazine rings is 1. The molecule has 1 saturated heterocycles. The number of hydrogen-bond donors (Lipinski definition) is 4. The predicted molar refractivity (Wildman–Crippen MR) is 164 cm³/mol. The van der Waals surface area contributed by atoms with Gasteiger partial charge in [0.1, 0.15) is 0 Å². The first-order valence-corrected chi connectivity index (χ1v) is 14.9. The van der Waals surface area contributed by atoms with Crippen LogP contribution >= 0.6 is 46.4 Å². The van der Waals surface area contributed by atoms with Gasteiger partial charge in [0.25, 0.3) is 0 Å². The Morgan fingerprint density at radius 1 is 0.850 bits per heavy atom. The van der Waals surface area contributed by atoms with Crippen LogP contribution in [0.3, 0.4) is 0 Å². The van der Waals surface area contributed by atoms with Gasteiger partial charge in [0.05, 0.1) is 32.2 Å². The summed E-state index contributed by atoms with van der Waals surface area (Å²) in [5, 5.41) is 5.01. The van der Waals surface area contributed by atoms with E-state index < -0.39 is 12.1 Å². The van der Waals surface area contributed by atoms with Crippen LogP contribution in [0.4, 0.5) is 0 Å². The van der Waals surface area contributed by atoms with Crippen LogP contribution in [0.2, 0.25) is 20.1 Å². The summed E-state index contributed by atoms with van der Waals surface area (Å²) in [7, 11) is 0. The lowest BCUT2D eigenvalue weighted by Gasteiger charge is -2.47. The molecule has 2 aromatic carbocycles. The molecule has 3 rings (SSSR count). The number of rotatable bonds is 12. The molecule has 1 aliphatic rings. The van der Waals surface area contributed by atoms with E-state index >= 15 is 0 Å². The molecule has 8 nitrogen and oxygen atoms in total. The fourth-order valence-electron chi connectivity index (χ4n) is 4.99. The van der Waals surface area contributed by atoms with E-state index in [0.717, 1.165) is 24.1 Å². The zero-order valence-corrected chi connectivity index (χ0v) is 25.6. The molecular weight excluding hydrogens is 594 g/mol. The van der Waals surface area contributed by atoms with E-state index in [1.54, 1.807) is 29.2 Å². The fourth-order valence-corrected chi connectivity index (χ4v) is 5.63. The van der Waals surface area contributed by atoms with Crippen molar-refractivity contribution >= 4 is 58.2 Å². The highest BCUT2D eigenvalue weighted by Crippen LogP contribution is 2.26. The van der Waals surface area contributed by atoms with Gasteiger partial charge in [0.2, 0.25) is 11.8 Å². The number of nitrogens with two attached hydrogens (primary N) is 3. The molecule has 7 N–H and O–H groups in total.